The van der Waals surface area contributed by atoms with Gasteiger partial charge in [-0.15, -0.1) is 0 Å². The SMILES string of the molecule is CC(Nc1cc(N)nc(N)n1)c1ccc(Cl)cc1. The van der Waals surface area contributed by atoms with Gasteiger partial charge in [0.1, 0.15) is 11.6 Å². The number of aromatic nitrogens is 2. The Balaban J connectivity index is 2.15. The molecular weight excluding hydrogens is 250 g/mol. The fourth-order valence-electron chi connectivity index (χ4n) is 1.62. The summed E-state index contributed by atoms with van der Waals surface area (Å²) in [6.45, 7) is 2.01. The highest BCUT2D eigenvalue weighted by Gasteiger charge is 2.07. The summed E-state index contributed by atoms with van der Waals surface area (Å²) in [5.41, 5.74) is 12.2. The fraction of sp³-hybridized carbons (Fsp3) is 0.167. The quantitative estimate of drug-likeness (QED) is 0.791. The Kier molecular flexibility index (Phi) is 3.53. The Morgan fingerprint density at radius 1 is 1.17 bits per heavy atom. The highest BCUT2D eigenvalue weighted by Crippen LogP contribution is 2.20. The largest absolute Gasteiger partial charge is 0.383 e. The molecule has 0 aliphatic carbocycles. The Hall–Kier alpha value is -2.01. The standard InChI is InChI=1S/C12H14ClN5/c1-7(8-2-4-9(13)5-3-8)16-11-6-10(14)17-12(15)18-11/h2-7H,1H3,(H5,14,15,16,17,18). The second kappa shape index (κ2) is 5.10. The number of anilines is 3. The summed E-state index contributed by atoms with van der Waals surface area (Å²) >= 11 is 5.84. The van der Waals surface area contributed by atoms with E-state index in [9.17, 15) is 0 Å². The van der Waals surface area contributed by atoms with Crippen LogP contribution in [0.2, 0.25) is 5.02 Å². The molecule has 0 spiro atoms. The number of halogens is 1. The van der Waals surface area contributed by atoms with E-state index < -0.39 is 0 Å². The molecule has 0 aliphatic heterocycles. The van der Waals surface area contributed by atoms with Crippen molar-refractivity contribution in [3.8, 4) is 0 Å². The van der Waals surface area contributed by atoms with E-state index in [0.717, 1.165) is 5.56 Å². The molecule has 1 aromatic carbocycles. The van der Waals surface area contributed by atoms with Crippen LogP contribution in [0.4, 0.5) is 17.6 Å². The van der Waals surface area contributed by atoms with Crippen LogP contribution in [0.15, 0.2) is 30.3 Å². The molecule has 0 radical (unpaired) electrons. The van der Waals surface area contributed by atoms with Crippen LogP contribution in [0.25, 0.3) is 0 Å². The minimum atomic E-state index is 0.0657. The third kappa shape index (κ3) is 3.01. The molecule has 94 valence electrons. The fourth-order valence-corrected chi connectivity index (χ4v) is 1.74. The molecule has 18 heavy (non-hydrogen) atoms. The molecule has 5 N–H and O–H groups in total. The number of benzene rings is 1. The lowest BCUT2D eigenvalue weighted by atomic mass is 10.1. The van der Waals surface area contributed by atoms with Crippen molar-refractivity contribution >= 4 is 29.2 Å². The maximum Gasteiger partial charge on any atom is 0.223 e. The van der Waals surface area contributed by atoms with Gasteiger partial charge in [0.25, 0.3) is 0 Å². The summed E-state index contributed by atoms with van der Waals surface area (Å²) in [6, 6.07) is 9.30. The van der Waals surface area contributed by atoms with Crippen LogP contribution in [0.3, 0.4) is 0 Å². The van der Waals surface area contributed by atoms with Gasteiger partial charge in [-0.2, -0.15) is 9.97 Å². The zero-order chi connectivity index (χ0) is 13.1. The van der Waals surface area contributed by atoms with E-state index in [2.05, 4.69) is 15.3 Å². The van der Waals surface area contributed by atoms with Gasteiger partial charge in [0.05, 0.1) is 0 Å². The average molecular weight is 264 g/mol. The predicted molar refractivity (Wildman–Crippen MR) is 74.3 cm³/mol. The number of nitrogens with zero attached hydrogens (tertiary/aromatic N) is 2. The first-order valence-electron chi connectivity index (χ1n) is 5.46. The minimum absolute atomic E-state index is 0.0657. The summed E-state index contributed by atoms with van der Waals surface area (Å²) in [7, 11) is 0. The van der Waals surface area contributed by atoms with Gasteiger partial charge in [0.2, 0.25) is 5.95 Å². The molecule has 0 aliphatic rings. The molecule has 6 heteroatoms. The normalized spacial score (nSPS) is 12.1. The van der Waals surface area contributed by atoms with Crippen molar-refractivity contribution in [3.05, 3.63) is 40.9 Å². The van der Waals surface area contributed by atoms with Gasteiger partial charge in [-0.1, -0.05) is 23.7 Å². The van der Waals surface area contributed by atoms with Crippen LogP contribution in [0.5, 0.6) is 0 Å². The first-order chi connectivity index (χ1) is 8.54. The van der Waals surface area contributed by atoms with Crippen molar-refractivity contribution in [3.63, 3.8) is 0 Å². The molecule has 0 fully saturated rings. The number of hydrogen-bond donors (Lipinski definition) is 3. The maximum atomic E-state index is 5.84. The molecule has 5 nitrogen and oxygen atoms in total. The maximum absolute atomic E-state index is 5.84. The molecule has 0 amide bonds. The monoisotopic (exact) mass is 263 g/mol. The Morgan fingerprint density at radius 3 is 2.44 bits per heavy atom. The molecule has 1 unspecified atom stereocenters. The van der Waals surface area contributed by atoms with Crippen molar-refractivity contribution in [1.82, 2.24) is 9.97 Å². The number of nitrogens with one attached hydrogen (secondary N) is 1. The molecular formula is C12H14ClN5. The predicted octanol–water partition coefficient (Wildman–Crippen LogP) is 2.47. The van der Waals surface area contributed by atoms with Gasteiger partial charge in [-0.25, -0.2) is 0 Å². The molecule has 2 rings (SSSR count). The van der Waals surface area contributed by atoms with Crippen LogP contribution >= 0.6 is 11.6 Å². The zero-order valence-corrected chi connectivity index (χ0v) is 10.6. The lowest BCUT2D eigenvalue weighted by Gasteiger charge is -2.15. The third-order valence-corrected chi connectivity index (χ3v) is 2.75. The van der Waals surface area contributed by atoms with E-state index in [0.29, 0.717) is 16.7 Å². The smallest absolute Gasteiger partial charge is 0.223 e. The van der Waals surface area contributed by atoms with Crippen molar-refractivity contribution in [2.24, 2.45) is 0 Å². The number of nitrogens with two attached hydrogens (primary N) is 2. The number of rotatable bonds is 3. The Bertz CT molecular complexity index is 520. The zero-order valence-electron chi connectivity index (χ0n) is 9.89. The summed E-state index contributed by atoms with van der Waals surface area (Å²) < 4.78 is 0. The van der Waals surface area contributed by atoms with Crippen LogP contribution in [0.1, 0.15) is 18.5 Å². The van der Waals surface area contributed by atoms with Gasteiger partial charge in [-0.05, 0) is 24.6 Å². The molecule has 1 heterocycles. The van der Waals surface area contributed by atoms with Gasteiger partial charge in [0, 0.05) is 17.1 Å². The van der Waals surface area contributed by atoms with Crippen molar-refractivity contribution in [2.75, 3.05) is 16.8 Å². The Morgan fingerprint density at radius 2 is 1.83 bits per heavy atom. The number of nitrogen functional groups attached to an aromatic ring is 2. The second-order valence-electron chi connectivity index (χ2n) is 3.95. The van der Waals surface area contributed by atoms with Crippen LogP contribution in [-0.2, 0) is 0 Å². The van der Waals surface area contributed by atoms with E-state index in [1.165, 1.54) is 0 Å². The van der Waals surface area contributed by atoms with E-state index in [-0.39, 0.29) is 12.0 Å². The van der Waals surface area contributed by atoms with Crippen LogP contribution in [0, 0.1) is 0 Å². The first-order valence-corrected chi connectivity index (χ1v) is 5.84. The highest BCUT2D eigenvalue weighted by atomic mass is 35.5. The van der Waals surface area contributed by atoms with E-state index in [4.69, 9.17) is 23.1 Å². The summed E-state index contributed by atoms with van der Waals surface area (Å²) in [5.74, 6) is 1.09. The van der Waals surface area contributed by atoms with Crippen molar-refractivity contribution < 1.29 is 0 Å². The summed E-state index contributed by atoms with van der Waals surface area (Å²) in [6.07, 6.45) is 0. The lowest BCUT2D eigenvalue weighted by Crippen LogP contribution is -2.10. The molecule has 0 saturated heterocycles. The first kappa shape index (κ1) is 12.4. The average Bonchev–Trinajstić information content (AvgIpc) is 2.28. The van der Waals surface area contributed by atoms with Gasteiger partial charge < -0.3 is 16.8 Å². The minimum Gasteiger partial charge on any atom is -0.383 e. The molecule has 1 atom stereocenters. The second-order valence-corrected chi connectivity index (χ2v) is 4.39. The van der Waals surface area contributed by atoms with Gasteiger partial charge in [-0.3, -0.25) is 0 Å². The summed E-state index contributed by atoms with van der Waals surface area (Å²) in [5, 5.41) is 3.91. The van der Waals surface area contributed by atoms with Crippen LogP contribution in [-0.4, -0.2) is 9.97 Å². The summed E-state index contributed by atoms with van der Waals surface area (Å²) in [4.78, 5) is 7.88. The highest BCUT2D eigenvalue weighted by molar-refractivity contribution is 6.30. The third-order valence-electron chi connectivity index (χ3n) is 2.50. The van der Waals surface area contributed by atoms with Crippen molar-refractivity contribution in [2.45, 2.75) is 13.0 Å². The Labute approximate surface area is 110 Å². The van der Waals surface area contributed by atoms with E-state index >= 15 is 0 Å². The lowest BCUT2D eigenvalue weighted by molar-refractivity contribution is 0.873. The van der Waals surface area contributed by atoms with Crippen molar-refractivity contribution in [1.29, 1.82) is 0 Å². The molecule has 1 aromatic heterocycles. The number of hydrogen-bond acceptors (Lipinski definition) is 5. The van der Waals surface area contributed by atoms with E-state index in [1.807, 2.05) is 31.2 Å². The molecule has 0 saturated carbocycles. The van der Waals surface area contributed by atoms with Gasteiger partial charge >= 0.3 is 0 Å². The van der Waals surface area contributed by atoms with Crippen LogP contribution < -0.4 is 16.8 Å². The topological polar surface area (TPSA) is 89.8 Å². The van der Waals surface area contributed by atoms with E-state index in [1.54, 1.807) is 6.07 Å². The molecule has 2 aromatic rings. The molecule has 0 bridgehead atoms. The van der Waals surface area contributed by atoms with Gasteiger partial charge in [0.15, 0.2) is 0 Å².